The summed E-state index contributed by atoms with van der Waals surface area (Å²) in [5.74, 6) is -0.645. The minimum atomic E-state index is -4.64. The molecule has 2 N–H and O–H groups in total. The number of aromatic nitrogens is 3. The van der Waals surface area contributed by atoms with Crippen molar-refractivity contribution in [2.24, 2.45) is 0 Å². The molecule has 108 valence electrons. The maximum absolute atomic E-state index is 12.7. The van der Waals surface area contributed by atoms with Crippen molar-refractivity contribution in [3.05, 3.63) is 30.1 Å². The van der Waals surface area contributed by atoms with Gasteiger partial charge in [-0.05, 0) is 12.1 Å². The van der Waals surface area contributed by atoms with Gasteiger partial charge in [-0.3, -0.25) is 4.68 Å². The van der Waals surface area contributed by atoms with Crippen molar-refractivity contribution in [2.75, 3.05) is 5.73 Å². The molecule has 0 bridgehead atoms. The molecule has 4 nitrogen and oxygen atoms in total. The molecule has 0 saturated heterocycles. The third-order valence-electron chi connectivity index (χ3n) is 2.49. The fourth-order valence-corrected chi connectivity index (χ4v) is 1.60. The zero-order valence-corrected chi connectivity index (χ0v) is 9.90. The lowest BCUT2D eigenvalue weighted by Crippen LogP contribution is -2.10. The van der Waals surface area contributed by atoms with Crippen LogP contribution >= 0.6 is 0 Å². The smallest absolute Gasteiger partial charge is 0.383 e. The van der Waals surface area contributed by atoms with Crippen molar-refractivity contribution in [1.29, 1.82) is 0 Å². The summed E-state index contributed by atoms with van der Waals surface area (Å²) < 4.78 is 63.3. The number of hydrogen-bond acceptors (Lipinski definition) is 3. The van der Waals surface area contributed by atoms with Crippen molar-refractivity contribution in [3.63, 3.8) is 0 Å². The molecule has 9 heteroatoms. The highest BCUT2D eigenvalue weighted by Gasteiger charge is 2.34. The third-order valence-corrected chi connectivity index (χ3v) is 2.49. The van der Waals surface area contributed by atoms with Crippen LogP contribution in [0.4, 0.5) is 27.8 Å². The monoisotopic (exact) mass is 292 g/mol. The Morgan fingerprint density at radius 3 is 2.60 bits per heavy atom. The maximum atomic E-state index is 12.7. The summed E-state index contributed by atoms with van der Waals surface area (Å²) >= 11 is 0. The second kappa shape index (κ2) is 5.06. The molecule has 0 fully saturated rings. The largest absolute Gasteiger partial charge is 0.419 e. The number of alkyl halides is 5. The molecule has 2 aromatic heterocycles. The predicted molar refractivity (Wildman–Crippen MR) is 60.9 cm³/mol. The first-order valence-corrected chi connectivity index (χ1v) is 5.42. The Morgan fingerprint density at radius 2 is 2.00 bits per heavy atom. The highest BCUT2D eigenvalue weighted by atomic mass is 19.4. The summed E-state index contributed by atoms with van der Waals surface area (Å²) in [6.07, 6.45) is -4.87. The molecule has 0 saturated carbocycles. The van der Waals surface area contributed by atoms with E-state index in [0.717, 1.165) is 16.9 Å². The van der Waals surface area contributed by atoms with Gasteiger partial charge in [-0.15, -0.1) is 0 Å². The first-order valence-electron chi connectivity index (χ1n) is 5.42. The van der Waals surface area contributed by atoms with E-state index >= 15 is 0 Å². The van der Waals surface area contributed by atoms with E-state index in [2.05, 4.69) is 10.1 Å². The van der Waals surface area contributed by atoms with E-state index in [1.807, 2.05) is 0 Å². The SMILES string of the molecule is Nc1ncc(-c2ccn(CC(F)F)n2)cc1C(F)(F)F. The number of hydrogen-bond donors (Lipinski definition) is 1. The van der Waals surface area contributed by atoms with Crippen LogP contribution in [0.5, 0.6) is 0 Å². The lowest BCUT2D eigenvalue weighted by molar-refractivity contribution is -0.137. The van der Waals surface area contributed by atoms with Gasteiger partial charge in [0.1, 0.15) is 12.4 Å². The van der Waals surface area contributed by atoms with Crippen molar-refractivity contribution >= 4 is 5.82 Å². The van der Waals surface area contributed by atoms with E-state index in [0.29, 0.717) is 0 Å². The Bertz CT molecular complexity index is 605. The van der Waals surface area contributed by atoms with Crippen molar-refractivity contribution in [3.8, 4) is 11.3 Å². The Kier molecular flexibility index (Phi) is 3.60. The van der Waals surface area contributed by atoms with Gasteiger partial charge in [0.2, 0.25) is 0 Å². The Labute approximate surface area is 110 Å². The number of nitrogen functional groups attached to an aromatic ring is 1. The number of nitrogens with zero attached hydrogens (tertiary/aromatic N) is 3. The molecule has 0 radical (unpaired) electrons. The van der Waals surface area contributed by atoms with Gasteiger partial charge >= 0.3 is 6.18 Å². The summed E-state index contributed by atoms with van der Waals surface area (Å²) in [7, 11) is 0. The molecule has 0 aliphatic rings. The number of halogens is 5. The van der Waals surface area contributed by atoms with Crippen molar-refractivity contribution in [2.45, 2.75) is 19.1 Å². The fourth-order valence-electron chi connectivity index (χ4n) is 1.60. The first-order chi connectivity index (χ1) is 9.27. The number of pyridine rings is 1. The van der Waals surface area contributed by atoms with E-state index in [1.165, 1.54) is 12.3 Å². The van der Waals surface area contributed by atoms with Gasteiger partial charge < -0.3 is 5.73 Å². The minimum absolute atomic E-state index is 0.0551. The van der Waals surface area contributed by atoms with Crippen molar-refractivity contribution < 1.29 is 22.0 Å². The van der Waals surface area contributed by atoms with Gasteiger partial charge in [0.15, 0.2) is 0 Å². The van der Waals surface area contributed by atoms with Gasteiger partial charge in [0.25, 0.3) is 6.43 Å². The molecule has 2 heterocycles. The van der Waals surface area contributed by atoms with E-state index in [-0.39, 0.29) is 11.3 Å². The summed E-state index contributed by atoms with van der Waals surface area (Å²) in [5, 5.41) is 3.76. The zero-order valence-electron chi connectivity index (χ0n) is 9.90. The number of anilines is 1. The second-order valence-corrected chi connectivity index (χ2v) is 3.97. The fraction of sp³-hybridized carbons (Fsp3) is 0.273. The van der Waals surface area contributed by atoms with E-state index in [1.54, 1.807) is 0 Å². The summed E-state index contributed by atoms with van der Waals surface area (Å²) in [4.78, 5) is 3.45. The average molecular weight is 292 g/mol. The Morgan fingerprint density at radius 1 is 1.30 bits per heavy atom. The van der Waals surface area contributed by atoms with Crippen LogP contribution in [0.3, 0.4) is 0 Å². The molecule has 2 aromatic rings. The predicted octanol–water partition coefficient (Wildman–Crippen LogP) is 2.81. The molecule has 20 heavy (non-hydrogen) atoms. The summed E-state index contributed by atoms with van der Waals surface area (Å²) in [5.41, 5.74) is 4.25. The maximum Gasteiger partial charge on any atom is 0.419 e. The topological polar surface area (TPSA) is 56.7 Å². The molecule has 2 rings (SSSR count). The van der Waals surface area contributed by atoms with E-state index in [4.69, 9.17) is 5.73 Å². The second-order valence-electron chi connectivity index (χ2n) is 3.97. The minimum Gasteiger partial charge on any atom is -0.383 e. The van der Waals surface area contributed by atoms with Crippen LogP contribution in [0.1, 0.15) is 5.56 Å². The molecule has 0 spiro atoms. The number of nitrogens with two attached hydrogens (primary N) is 1. The molecule has 0 unspecified atom stereocenters. The molecule has 0 atom stereocenters. The average Bonchev–Trinajstić information content (AvgIpc) is 2.75. The van der Waals surface area contributed by atoms with Crippen LogP contribution < -0.4 is 5.73 Å². The van der Waals surface area contributed by atoms with Gasteiger partial charge in [0, 0.05) is 18.0 Å². The highest BCUT2D eigenvalue weighted by Crippen LogP contribution is 2.34. The molecule has 0 amide bonds. The third kappa shape index (κ3) is 3.03. The molecular formula is C11H9F5N4. The van der Waals surface area contributed by atoms with Crippen LogP contribution in [-0.4, -0.2) is 21.2 Å². The summed E-state index contributed by atoms with van der Waals surface area (Å²) in [6.45, 7) is -0.630. The van der Waals surface area contributed by atoms with Crippen molar-refractivity contribution in [1.82, 2.24) is 14.8 Å². The van der Waals surface area contributed by atoms with Crippen LogP contribution in [-0.2, 0) is 12.7 Å². The molecule has 0 aromatic carbocycles. The standard InChI is InChI=1S/C11H9F5N4/c12-9(13)5-20-2-1-8(19-20)6-3-7(11(14,15)16)10(17)18-4-6/h1-4,9H,5H2,(H2,17,18). The number of rotatable bonds is 3. The van der Waals surface area contributed by atoms with Gasteiger partial charge in [-0.1, -0.05) is 0 Å². The Balaban J connectivity index is 2.36. The molecule has 0 aliphatic carbocycles. The van der Waals surface area contributed by atoms with Gasteiger partial charge in [0.05, 0.1) is 11.3 Å². The first kappa shape index (κ1) is 14.2. The lowest BCUT2D eigenvalue weighted by atomic mass is 10.1. The zero-order chi connectivity index (χ0) is 14.9. The molecule has 0 aliphatic heterocycles. The van der Waals surface area contributed by atoms with Crippen LogP contribution in [0, 0.1) is 0 Å². The lowest BCUT2D eigenvalue weighted by Gasteiger charge is -2.09. The van der Waals surface area contributed by atoms with Gasteiger partial charge in [-0.2, -0.15) is 18.3 Å². The van der Waals surface area contributed by atoms with Crippen LogP contribution in [0.2, 0.25) is 0 Å². The van der Waals surface area contributed by atoms with Crippen LogP contribution in [0.25, 0.3) is 11.3 Å². The van der Waals surface area contributed by atoms with Gasteiger partial charge in [-0.25, -0.2) is 13.8 Å². The molecular weight excluding hydrogens is 283 g/mol. The quantitative estimate of drug-likeness (QED) is 0.885. The van der Waals surface area contributed by atoms with E-state index < -0.39 is 30.5 Å². The normalized spacial score (nSPS) is 12.1. The Hall–Kier alpha value is -2.19. The summed E-state index contributed by atoms with van der Waals surface area (Å²) in [6, 6.07) is 2.12. The highest BCUT2D eigenvalue weighted by molar-refractivity contribution is 5.61. The van der Waals surface area contributed by atoms with E-state index in [9.17, 15) is 22.0 Å². The van der Waals surface area contributed by atoms with Crippen LogP contribution in [0.15, 0.2) is 24.5 Å².